The summed E-state index contributed by atoms with van der Waals surface area (Å²) in [7, 11) is 0. The molecular weight excluding hydrogens is 771 g/mol. The third-order valence-corrected chi connectivity index (χ3v) is 12.9. The largest absolute Gasteiger partial charge is 0.456 e. The summed E-state index contributed by atoms with van der Waals surface area (Å²) in [5, 5.41) is 13.7. The standard InChI is InChI=1S/C57H33N5O/c1-2-17-37-31-49-45(30-36(37)16-1)53-40-20-6-4-15-35(40)28-29-48(53)61(49)50-32-38(33-52-54(50)44-23-9-12-27-51(44)63-52)55-58-56(43-24-13-18-34-14-3-5-19-39(34)43)60-57(59-55)62-46-25-10-7-21-41(46)42-22-8-11-26-47(42)62/h1-33H. The van der Waals surface area contributed by atoms with Crippen LogP contribution in [0.1, 0.15) is 0 Å². The molecule has 14 rings (SSSR count). The van der Waals surface area contributed by atoms with Gasteiger partial charge in [0.25, 0.3) is 0 Å². The van der Waals surface area contributed by atoms with E-state index >= 15 is 0 Å². The summed E-state index contributed by atoms with van der Waals surface area (Å²) in [5.41, 5.74) is 8.59. The SMILES string of the molecule is c1ccc2cc3c(cc2c1)c1c2ccccc2ccc1n3-c1cc(-c2nc(-c3cccc4ccccc34)nc(-n3c4ccccc4c4ccccc43)n2)cc2oc3ccccc3c12. The maximum Gasteiger partial charge on any atom is 0.238 e. The maximum absolute atomic E-state index is 6.82. The fourth-order valence-corrected chi connectivity index (χ4v) is 10.1. The van der Waals surface area contributed by atoms with E-state index in [0.29, 0.717) is 17.6 Å². The Morgan fingerprint density at radius 3 is 1.71 bits per heavy atom. The van der Waals surface area contributed by atoms with E-state index in [1.807, 2.05) is 12.1 Å². The normalized spacial score (nSPS) is 12.1. The molecule has 4 aromatic heterocycles. The quantitative estimate of drug-likeness (QED) is 0.178. The molecule has 0 fully saturated rings. The second-order valence-electron chi connectivity index (χ2n) is 16.4. The maximum atomic E-state index is 6.82. The molecule has 0 aliphatic carbocycles. The van der Waals surface area contributed by atoms with Crippen LogP contribution in [0.2, 0.25) is 0 Å². The zero-order chi connectivity index (χ0) is 41.2. The molecule has 6 nitrogen and oxygen atoms in total. The van der Waals surface area contributed by atoms with E-state index in [-0.39, 0.29) is 0 Å². The first-order valence-corrected chi connectivity index (χ1v) is 21.3. The number of hydrogen-bond donors (Lipinski definition) is 0. The number of fused-ring (bicyclic) bond motifs is 13. The van der Waals surface area contributed by atoms with Crippen LogP contribution < -0.4 is 0 Å². The molecule has 63 heavy (non-hydrogen) atoms. The highest BCUT2D eigenvalue weighted by atomic mass is 16.3. The van der Waals surface area contributed by atoms with Gasteiger partial charge in [-0.05, 0) is 80.8 Å². The fraction of sp³-hybridized carbons (Fsp3) is 0. The molecule has 0 saturated heterocycles. The number of aromatic nitrogens is 5. The van der Waals surface area contributed by atoms with Crippen LogP contribution in [0.4, 0.5) is 0 Å². The molecule has 0 radical (unpaired) electrons. The van der Waals surface area contributed by atoms with Crippen molar-refractivity contribution in [1.29, 1.82) is 0 Å². The van der Waals surface area contributed by atoms with Crippen molar-refractivity contribution >= 4 is 97.9 Å². The van der Waals surface area contributed by atoms with Gasteiger partial charge in [0, 0.05) is 38.1 Å². The number of benzene rings is 10. The Balaban J connectivity index is 1.12. The van der Waals surface area contributed by atoms with Crippen molar-refractivity contribution in [3.05, 3.63) is 200 Å². The minimum atomic E-state index is 0.543. The third kappa shape index (κ3) is 4.97. The van der Waals surface area contributed by atoms with E-state index < -0.39 is 0 Å². The molecule has 292 valence electrons. The summed E-state index contributed by atoms with van der Waals surface area (Å²) in [6, 6.07) is 70.9. The number of rotatable bonds is 4. The van der Waals surface area contributed by atoms with E-state index in [2.05, 4.69) is 197 Å². The van der Waals surface area contributed by atoms with Gasteiger partial charge >= 0.3 is 0 Å². The van der Waals surface area contributed by atoms with Crippen molar-refractivity contribution in [2.75, 3.05) is 0 Å². The topological polar surface area (TPSA) is 61.7 Å². The third-order valence-electron chi connectivity index (χ3n) is 12.9. The van der Waals surface area contributed by atoms with Crippen LogP contribution in [0.15, 0.2) is 205 Å². The minimum Gasteiger partial charge on any atom is -0.456 e. The molecule has 4 heterocycles. The van der Waals surface area contributed by atoms with Gasteiger partial charge < -0.3 is 8.98 Å². The van der Waals surface area contributed by atoms with E-state index in [0.717, 1.165) is 82.4 Å². The molecule has 10 aromatic carbocycles. The van der Waals surface area contributed by atoms with Crippen molar-refractivity contribution in [2.45, 2.75) is 0 Å². The van der Waals surface area contributed by atoms with Gasteiger partial charge in [-0.1, -0.05) is 152 Å². The number of para-hydroxylation sites is 3. The predicted octanol–water partition coefficient (Wildman–Crippen LogP) is 14.8. The summed E-state index contributed by atoms with van der Waals surface area (Å²) in [6.45, 7) is 0. The summed E-state index contributed by atoms with van der Waals surface area (Å²) in [6.07, 6.45) is 0. The molecule has 0 N–H and O–H groups in total. The molecule has 0 amide bonds. The van der Waals surface area contributed by atoms with Crippen molar-refractivity contribution in [1.82, 2.24) is 24.1 Å². The van der Waals surface area contributed by atoms with Gasteiger partial charge in [0.1, 0.15) is 11.2 Å². The zero-order valence-electron chi connectivity index (χ0n) is 33.7. The number of furan rings is 1. The van der Waals surface area contributed by atoms with Gasteiger partial charge in [0.2, 0.25) is 5.95 Å². The molecular formula is C57H33N5O. The lowest BCUT2D eigenvalue weighted by molar-refractivity contribution is 0.669. The van der Waals surface area contributed by atoms with Gasteiger partial charge in [-0.25, -0.2) is 4.98 Å². The van der Waals surface area contributed by atoms with Crippen LogP contribution in [-0.4, -0.2) is 24.1 Å². The lowest BCUT2D eigenvalue weighted by Crippen LogP contribution is -2.07. The molecule has 0 aliphatic rings. The van der Waals surface area contributed by atoms with Gasteiger partial charge in [-0.3, -0.25) is 4.57 Å². The highest BCUT2D eigenvalue weighted by Crippen LogP contribution is 2.44. The molecule has 6 heteroatoms. The Hall–Kier alpha value is -8.61. The Morgan fingerprint density at radius 1 is 0.333 bits per heavy atom. The first kappa shape index (κ1) is 34.1. The summed E-state index contributed by atoms with van der Waals surface area (Å²) in [5.74, 6) is 1.68. The van der Waals surface area contributed by atoms with Crippen LogP contribution in [0, 0.1) is 0 Å². The first-order valence-electron chi connectivity index (χ1n) is 21.3. The summed E-state index contributed by atoms with van der Waals surface area (Å²) < 4.78 is 11.4. The van der Waals surface area contributed by atoms with Crippen molar-refractivity contribution in [3.63, 3.8) is 0 Å². The highest BCUT2D eigenvalue weighted by molar-refractivity contribution is 6.24. The predicted molar refractivity (Wildman–Crippen MR) is 259 cm³/mol. The van der Waals surface area contributed by atoms with E-state index in [1.54, 1.807) is 0 Å². The lowest BCUT2D eigenvalue weighted by atomic mass is 10.0. The summed E-state index contributed by atoms with van der Waals surface area (Å²) >= 11 is 0. The average Bonchev–Trinajstić information content (AvgIpc) is 4.00. The monoisotopic (exact) mass is 803 g/mol. The Morgan fingerprint density at radius 2 is 0.937 bits per heavy atom. The Kier molecular flexibility index (Phi) is 7.02. The van der Waals surface area contributed by atoms with Crippen LogP contribution >= 0.6 is 0 Å². The van der Waals surface area contributed by atoms with E-state index in [9.17, 15) is 0 Å². The van der Waals surface area contributed by atoms with Crippen LogP contribution in [-0.2, 0) is 0 Å². The Labute approximate surface area is 359 Å². The second kappa shape index (κ2) is 12.9. The summed E-state index contributed by atoms with van der Waals surface area (Å²) in [4.78, 5) is 16.2. The molecule has 0 bridgehead atoms. The van der Waals surface area contributed by atoms with E-state index in [4.69, 9.17) is 19.4 Å². The van der Waals surface area contributed by atoms with Crippen molar-refractivity contribution in [3.8, 4) is 34.4 Å². The van der Waals surface area contributed by atoms with Gasteiger partial charge in [0.15, 0.2) is 11.6 Å². The average molecular weight is 804 g/mol. The van der Waals surface area contributed by atoms with Gasteiger partial charge in [-0.15, -0.1) is 0 Å². The van der Waals surface area contributed by atoms with Crippen LogP contribution in [0.3, 0.4) is 0 Å². The van der Waals surface area contributed by atoms with Crippen LogP contribution in [0.5, 0.6) is 0 Å². The van der Waals surface area contributed by atoms with Crippen molar-refractivity contribution < 1.29 is 4.42 Å². The number of nitrogens with zero attached hydrogens (tertiary/aromatic N) is 5. The van der Waals surface area contributed by atoms with Crippen molar-refractivity contribution in [2.24, 2.45) is 0 Å². The first-order chi connectivity index (χ1) is 31.2. The minimum absolute atomic E-state index is 0.543. The molecule has 0 aliphatic heterocycles. The molecule has 0 saturated carbocycles. The number of hydrogen-bond acceptors (Lipinski definition) is 4. The van der Waals surface area contributed by atoms with Crippen LogP contribution in [0.25, 0.3) is 132 Å². The smallest absolute Gasteiger partial charge is 0.238 e. The zero-order valence-corrected chi connectivity index (χ0v) is 33.7. The molecule has 14 aromatic rings. The molecule has 0 spiro atoms. The molecule has 0 unspecified atom stereocenters. The Bertz CT molecular complexity index is 4170. The fourth-order valence-electron chi connectivity index (χ4n) is 10.1. The van der Waals surface area contributed by atoms with E-state index in [1.165, 1.54) is 32.3 Å². The lowest BCUT2D eigenvalue weighted by Gasteiger charge is -2.14. The van der Waals surface area contributed by atoms with Gasteiger partial charge in [-0.2, -0.15) is 9.97 Å². The second-order valence-corrected chi connectivity index (χ2v) is 16.4. The molecule has 0 atom stereocenters. The van der Waals surface area contributed by atoms with Gasteiger partial charge in [0.05, 0.1) is 33.1 Å². The highest BCUT2D eigenvalue weighted by Gasteiger charge is 2.24.